The van der Waals surface area contributed by atoms with Crippen molar-refractivity contribution < 1.29 is 9.59 Å². The second-order valence-electron chi connectivity index (χ2n) is 8.53. The van der Waals surface area contributed by atoms with E-state index in [4.69, 9.17) is 0 Å². The summed E-state index contributed by atoms with van der Waals surface area (Å²) in [4.78, 5) is 24.6. The fraction of sp³-hybridized carbons (Fsp3) is 0.789. The molecule has 3 saturated carbocycles. The molecule has 4 aliphatic rings. The number of hydrogen-bond donors (Lipinski definition) is 0. The topological polar surface area (TPSA) is 34.1 Å². The maximum Gasteiger partial charge on any atom is 0.159 e. The minimum absolute atomic E-state index is 0.121. The lowest BCUT2D eigenvalue weighted by Gasteiger charge is -2.55. The molecule has 5 atom stereocenters. The molecule has 0 aliphatic heterocycles. The van der Waals surface area contributed by atoms with Crippen molar-refractivity contribution in [2.45, 2.75) is 65.2 Å². The molecule has 0 N–H and O–H groups in total. The third-order valence-electron chi connectivity index (χ3n) is 7.56. The molecule has 3 fully saturated rings. The lowest BCUT2D eigenvalue weighted by atomic mass is 9.48. The standard InChI is InChI=1S/C19H26O2/c1-18-7-3-4-14(18)17-15(6-8-18)19(2)9-5-13(20)10-12(19)11-16(17)21/h11,14-15,17H,3-10H2,1-2H3/t14-,15-,17-,18-,19-/m0/s1. The van der Waals surface area contributed by atoms with Crippen molar-refractivity contribution >= 4 is 11.6 Å². The third kappa shape index (κ3) is 1.77. The van der Waals surface area contributed by atoms with Gasteiger partial charge >= 0.3 is 0 Å². The van der Waals surface area contributed by atoms with Crippen LogP contribution in [0, 0.1) is 28.6 Å². The number of fused-ring (bicyclic) bond motifs is 5. The maximum atomic E-state index is 12.8. The Bertz CT molecular complexity index is 546. The predicted molar refractivity (Wildman–Crippen MR) is 81.7 cm³/mol. The second-order valence-corrected chi connectivity index (χ2v) is 8.53. The Labute approximate surface area is 127 Å². The van der Waals surface area contributed by atoms with Gasteiger partial charge in [-0.3, -0.25) is 9.59 Å². The molecule has 0 saturated heterocycles. The van der Waals surface area contributed by atoms with E-state index in [2.05, 4.69) is 13.8 Å². The highest BCUT2D eigenvalue weighted by Gasteiger charge is 2.58. The van der Waals surface area contributed by atoms with E-state index in [1.165, 1.54) is 32.1 Å². The number of rotatable bonds is 0. The van der Waals surface area contributed by atoms with Crippen molar-refractivity contribution in [2.75, 3.05) is 0 Å². The van der Waals surface area contributed by atoms with Gasteiger partial charge in [-0.1, -0.05) is 25.8 Å². The van der Waals surface area contributed by atoms with Gasteiger partial charge < -0.3 is 0 Å². The van der Waals surface area contributed by atoms with Gasteiger partial charge in [-0.25, -0.2) is 0 Å². The van der Waals surface area contributed by atoms with Crippen molar-refractivity contribution in [1.82, 2.24) is 0 Å². The van der Waals surface area contributed by atoms with Crippen LogP contribution < -0.4 is 0 Å². The van der Waals surface area contributed by atoms with E-state index in [0.717, 1.165) is 12.0 Å². The summed E-state index contributed by atoms with van der Waals surface area (Å²) in [5.41, 5.74) is 1.69. The summed E-state index contributed by atoms with van der Waals surface area (Å²) in [7, 11) is 0. The molecular weight excluding hydrogens is 260 g/mol. The van der Waals surface area contributed by atoms with Crippen LogP contribution >= 0.6 is 0 Å². The number of carbonyl (C=O) groups excluding carboxylic acids is 2. The molecule has 0 spiro atoms. The van der Waals surface area contributed by atoms with Crippen LogP contribution in [-0.4, -0.2) is 11.6 Å². The van der Waals surface area contributed by atoms with Crippen LogP contribution in [-0.2, 0) is 9.59 Å². The highest BCUT2D eigenvalue weighted by Crippen LogP contribution is 2.63. The quantitative estimate of drug-likeness (QED) is 0.672. The monoisotopic (exact) mass is 286 g/mol. The first-order valence-electron chi connectivity index (χ1n) is 8.71. The van der Waals surface area contributed by atoms with Crippen LogP contribution in [0.15, 0.2) is 11.6 Å². The normalized spacial score (nSPS) is 49.2. The Kier molecular flexibility index (Phi) is 2.81. The molecule has 0 amide bonds. The Morgan fingerprint density at radius 3 is 2.67 bits per heavy atom. The van der Waals surface area contributed by atoms with Crippen molar-refractivity contribution in [3.05, 3.63) is 11.6 Å². The summed E-state index contributed by atoms with van der Waals surface area (Å²) < 4.78 is 0. The van der Waals surface area contributed by atoms with Crippen LogP contribution in [0.25, 0.3) is 0 Å². The number of hydrogen-bond acceptors (Lipinski definition) is 2. The Hall–Kier alpha value is -0.920. The molecule has 0 bridgehead atoms. The lowest BCUT2D eigenvalue weighted by molar-refractivity contribution is -0.133. The van der Waals surface area contributed by atoms with Crippen molar-refractivity contribution in [3.63, 3.8) is 0 Å². The van der Waals surface area contributed by atoms with E-state index in [1.807, 2.05) is 6.08 Å². The lowest BCUT2D eigenvalue weighted by Crippen LogP contribution is -2.52. The summed E-state index contributed by atoms with van der Waals surface area (Å²) in [6.07, 6.45) is 10.4. The van der Waals surface area contributed by atoms with E-state index in [1.54, 1.807) is 0 Å². The summed E-state index contributed by atoms with van der Waals surface area (Å²) >= 11 is 0. The summed E-state index contributed by atoms with van der Waals surface area (Å²) in [5.74, 6) is 2.00. The molecule has 4 aliphatic carbocycles. The number of ketones is 2. The SMILES string of the molecule is C[C@@]12CCC[C@H]1[C@@H]1C(=O)C=C3CC(=O)CC[C@]3(C)[C@H]1CC2. The van der Waals surface area contributed by atoms with Crippen LogP contribution in [0.5, 0.6) is 0 Å². The molecule has 21 heavy (non-hydrogen) atoms. The van der Waals surface area contributed by atoms with Gasteiger partial charge in [0.25, 0.3) is 0 Å². The average molecular weight is 286 g/mol. The van der Waals surface area contributed by atoms with Crippen LogP contribution in [0.2, 0.25) is 0 Å². The molecule has 0 heterocycles. The molecule has 2 nitrogen and oxygen atoms in total. The zero-order valence-electron chi connectivity index (χ0n) is 13.3. The molecule has 4 rings (SSSR count). The van der Waals surface area contributed by atoms with Gasteiger partial charge in [0, 0.05) is 18.8 Å². The van der Waals surface area contributed by atoms with Gasteiger partial charge in [-0.05, 0) is 60.8 Å². The Morgan fingerprint density at radius 1 is 1.05 bits per heavy atom. The Balaban J connectivity index is 1.77. The third-order valence-corrected chi connectivity index (χ3v) is 7.56. The minimum atomic E-state index is 0.121. The zero-order valence-corrected chi connectivity index (χ0v) is 13.3. The molecule has 0 unspecified atom stereocenters. The van der Waals surface area contributed by atoms with E-state index < -0.39 is 0 Å². The van der Waals surface area contributed by atoms with Crippen molar-refractivity contribution in [1.29, 1.82) is 0 Å². The smallest absolute Gasteiger partial charge is 0.159 e. The van der Waals surface area contributed by atoms with Crippen molar-refractivity contribution in [2.24, 2.45) is 28.6 Å². The van der Waals surface area contributed by atoms with Crippen LogP contribution in [0.3, 0.4) is 0 Å². The zero-order chi connectivity index (χ0) is 14.8. The minimum Gasteiger partial charge on any atom is -0.299 e. The van der Waals surface area contributed by atoms with Crippen LogP contribution in [0.4, 0.5) is 0 Å². The number of Topliss-reactive ketones (excluding diaryl/α,β-unsaturated/α-hetero) is 1. The van der Waals surface area contributed by atoms with E-state index >= 15 is 0 Å². The van der Waals surface area contributed by atoms with Crippen LogP contribution in [0.1, 0.15) is 65.2 Å². The molecule has 0 aromatic carbocycles. The number of carbonyl (C=O) groups is 2. The summed E-state index contributed by atoms with van der Waals surface area (Å²) in [6, 6.07) is 0. The molecule has 2 heteroatoms. The Morgan fingerprint density at radius 2 is 1.86 bits per heavy atom. The van der Waals surface area contributed by atoms with Gasteiger partial charge in [0.2, 0.25) is 0 Å². The van der Waals surface area contributed by atoms with Gasteiger partial charge in [-0.15, -0.1) is 0 Å². The fourth-order valence-electron chi connectivity index (χ4n) is 6.21. The van der Waals surface area contributed by atoms with Gasteiger partial charge in [0.1, 0.15) is 5.78 Å². The second kappa shape index (κ2) is 4.30. The molecule has 0 radical (unpaired) electrons. The first-order chi connectivity index (χ1) is 9.94. The largest absolute Gasteiger partial charge is 0.299 e. The van der Waals surface area contributed by atoms with Gasteiger partial charge in [0.15, 0.2) is 5.78 Å². The first kappa shape index (κ1) is 13.7. The van der Waals surface area contributed by atoms with Crippen molar-refractivity contribution in [3.8, 4) is 0 Å². The highest BCUT2D eigenvalue weighted by molar-refractivity contribution is 5.96. The predicted octanol–water partition coefficient (Wildman–Crippen LogP) is 4.09. The fourth-order valence-corrected chi connectivity index (χ4v) is 6.21. The van der Waals surface area contributed by atoms with E-state index in [0.29, 0.717) is 41.7 Å². The number of allylic oxidation sites excluding steroid dienone is 2. The molecule has 0 aromatic heterocycles. The molecular formula is C19H26O2. The van der Waals surface area contributed by atoms with E-state index in [-0.39, 0.29) is 11.3 Å². The maximum absolute atomic E-state index is 12.8. The molecule has 114 valence electrons. The van der Waals surface area contributed by atoms with Gasteiger partial charge in [0.05, 0.1) is 0 Å². The molecule has 0 aromatic rings. The first-order valence-corrected chi connectivity index (χ1v) is 8.71. The summed E-state index contributed by atoms with van der Waals surface area (Å²) in [6.45, 7) is 4.76. The van der Waals surface area contributed by atoms with E-state index in [9.17, 15) is 9.59 Å². The summed E-state index contributed by atoms with van der Waals surface area (Å²) in [5, 5.41) is 0. The highest BCUT2D eigenvalue weighted by atomic mass is 16.1. The average Bonchev–Trinajstić information content (AvgIpc) is 2.82. The van der Waals surface area contributed by atoms with Gasteiger partial charge in [-0.2, -0.15) is 0 Å².